The number of aromatic nitrogens is 2. The molecule has 0 aliphatic heterocycles. The number of rotatable bonds is 2. The lowest BCUT2D eigenvalue weighted by molar-refractivity contribution is 0.620. The average molecular weight is 204 g/mol. The third-order valence-corrected chi connectivity index (χ3v) is 2.52. The highest BCUT2D eigenvalue weighted by Crippen LogP contribution is 2.18. The molecule has 0 N–H and O–H groups in total. The van der Waals surface area contributed by atoms with Crippen LogP contribution in [0.15, 0.2) is 18.3 Å². The van der Waals surface area contributed by atoms with Crippen molar-refractivity contribution in [1.82, 2.24) is 9.97 Å². The molecule has 0 spiro atoms. The Labute approximate surface area is 88.2 Å². The van der Waals surface area contributed by atoms with Crippen LogP contribution in [0.4, 0.5) is 4.39 Å². The Morgan fingerprint density at radius 1 is 1.20 bits per heavy atom. The SMILES string of the molecule is CCc1cnc2c(F)c(CC)ccc2n1. The third kappa shape index (κ3) is 1.69. The number of aryl methyl sites for hydroxylation is 2. The van der Waals surface area contributed by atoms with Gasteiger partial charge in [0.15, 0.2) is 5.82 Å². The number of nitrogens with zero attached hydrogens (tertiary/aromatic N) is 2. The topological polar surface area (TPSA) is 25.8 Å². The molecule has 0 aliphatic rings. The zero-order chi connectivity index (χ0) is 10.8. The van der Waals surface area contributed by atoms with E-state index in [0.29, 0.717) is 23.0 Å². The average Bonchev–Trinajstić information content (AvgIpc) is 2.29. The monoisotopic (exact) mass is 204 g/mol. The number of halogens is 1. The molecule has 0 atom stereocenters. The van der Waals surface area contributed by atoms with Crippen molar-refractivity contribution in [2.24, 2.45) is 0 Å². The Balaban J connectivity index is 2.68. The molecule has 0 unspecified atom stereocenters. The lowest BCUT2D eigenvalue weighted by atomic mass is 10.1. The van der Waals surface area contributed by atoms with Crippen LogP contribution in [0, 0.1) is 5.82 Å². The summed E-state index contributed by atoms with van der Waals surface area (Å²) in [6.07, 6.45) is 3.14. The van der Waals surface area contributed by atoms with Crippen molar-refractivity contribution in [3.63, 3.8) is 0 Å². The van der Waals surface area contributed by atoms with Crippen LogP contribution in [0.1, 0.15) is 25.1 Å². The van der Waals surface area contributed by atoms with Crippen LogP contribution in [0.5, 0.6) is 0 Å². The van der Waals surface area contributed by atoms with Crippen molar-refractivity contribution in [3.8, 4) is 0 Å². The van der Waals surface area contributed by atoms with E-state index in [0.717, 1.165) is 12.1 Å². The van der Waals surface area contributed by atoms with Gasteiger partial charge in [0.1, 0.15) is 5.52 Å². The van der Waals surface area contributed by atoms with Gasteiger partial charge in [-0.2, -0.15) is 0 Å². The number of hydrogen-bond donors (Lipinski definition) is 0. The standard InChI is InChI=1S/C12H13FN2/c1-3-8-5-6-10-12(11(8)13)14-7-9(4-2)15-10/h5-7H,3-4H2,1-2H3. The fourth-order valence-electron chi connectivity index (χ4n) is 1.58. The first kappa shape index (κ1) is 10.0. The molecule has 0 aliphatic carbocycles. The molecule has 0 saturated heterocycles. The summed E-state index contributed by atoms with van der Waals surface area (Å²) >= 11 is 0. The van der Waals surface area contributed by atoms with Gasteiger partial charge in [-0.1, -0.05) is 19.9 Å². The Bertz CT molecular complexity index is 494. The van der Waals surface area contributed by atoms with Crippen molar-refractivity contribution < 1.29 is 4.39 Å². The summed E-state index contributed by atoms with van der Waals surface area (Å²) in [5, 5.41) is 0. The van der Waals surface area contributed by atoms with E-state index in [1.165, 1.54) is 0 Å². The van der Waals surface area contributed by atoms with Gasteiger partial charge in [-0.3, -0.25) is 0 Å². The molecule has 2 rings (SSSR count). The molecule has 2 nitrogen and oxygen atoms in total. The van der Waals surface area contributed by atoms with Gasteiger partial charge in [0.25, 0.3) is 0 Å². The Hall–Kier alpha value is -1.51. The summed E-state index contributed by atoms with van der Waals surface area (Å²) in [6.45, 7) is 3.94. The van der Waals surface area contributed by atoms with Crippen molar-refractivity contribution in [2.45, 2.75) is 26.7 Å². The van der Waals surface area contributed by atoms with E-state index in [1.807, 2.05) is 19.9 Å². The third-order valence-electron chi connectivity index (χ3n) is 2.52. The highest BCUT2D eigenvalue weighted by Gasteiger charge is 2.08. The number of benzene rings is 1. The number of hydrogen-bond acceptors (Lipinski definition) is 2. The molecule has 3 heteroatoms. The molecule has 0 fully saturated rings. The van der Waals surface area contributed by atoms with Gasteiger partial charge < -0.3 is 0 Å². The summed E-state index contributed by atoms with van der Waals surface area (Å²) in [7, 11) is 0. The van der Waals surface area contributed by atoms with Crippen LogP contribution in [-0.2, 0) is 12.8 Å². The lowest BCUT2D eigenvalue weighted by Crippen LogP contribution is -1.96. The van der Waals surface area contributed by atoms with Gasteiger partial charge in [0.05, 0.1) is 11.2 Å². The highest BCUT2D eigenvalue weighted by atomic mass is 19.1. The van der Waals surface area contributed by atoms with E-state index < -0.39 is 0 Å². The maximum Gasteiger partial charge on any atom is 0.154 e. The molecule has 0 bridgehead atoms. The van der Waals surface area contributed by atoms with Crippen LogP contribution in [0.2, 0.25) is 0 Å². The molecule has 78 valence electrons. The second-order valence-corrected chi connectivity index (χ2v) is 3.47. The second-order valence-electron chi connectivity index (χ2n) is 3.47. The van der Waals surface area contributed by atoms with Crippen LogP contribution in [0.3, 0.4) is 0 Å². The zero-order valence-corrected chi connectivity index (χ0v) is 8.92. The first-order chi connectivity index (χ1) is 7.26. The van der Waals surface area contributed by atoms with E-state index in [4.69, 9.17) is 0 Å². The van der Waals surface area contributed by atoms with Gasteiger partial charge in [0, 0.05) is 6.20 Å². The molecule has 0 amide bonds. The van der Waals surface area contributed by atoms with E-state index in [2.05, 4.69) is 9.97 Å². The number of fused-ring (bicyclic) bond motifs is 1. The quantitative estimate of drug-likeness (QED) is 0.751. The normalized spacial score (nSPS) is 10.9. The smallest absolute Gasteiger partial charge is 0.154 e. The van der Waals surface area contributed by atoms with E-state index >= 15 is 0 Å². The Kier molecular flexibility index (Phi) is 2.62. The summed E-state index contributed by atoms with van der Waals surface area (Å²) in [4.78, 5) is 8.45. The fourth-order valence-corrected chi connectivity index (χ4v) is 1.58. The zero-order valence-electron chi connectivity index (χ0n) is 8.92. The molecule has 0 radical (unpaired) electrons. The van der Waals surface area contributed by atoms with E-state index in [9.17, 15) is 4.39 Å². The van der Waals surface area contributed by atoms with Crippen molar-refractivity contribution in [2.75, 3.05) is 0 Å². The summed E-state index contributed by atoms with van der Waals surface area (Å²) < 4.78 is 13.8. The minimum absolute atomic E-state index is 0.231. The molecular formula is C12H13FN2. The predicted molar refractivity (Wildman–Crippen MR) is 58.3 cm³/mol. The van der Waals surface area contributed by atoms with Crippen LogP contribution in [-0.4, -0.2) is 9.97 Å². The molecule has 1 aromatic carbocycles. The minimum Gasteiger partial charge on any atom is -0.250 e. The highest BCUT2D eigenvalue weighted by molar-refractivity contribution is 5.75. The van der Waals surface area contributed by atoms with Crippen molar-refractivity contribution in [3.05, 3.63) is 35.4 Å². The lowest BCUT2D eigenvalue weighted by Gasteiger charge is -2.04. The first-order valence-electron chi connectivity index (χ1n) is 5.19. The van der Waals surface area contributed by atoms with Gasteiger partial charge in [-0.05, 0) is 24.5 Å². The fraction of sp³-hybridized carbons (Fsp3) is 0.333. The van der Waals surface area contributed by atoms with Gasteiger partial charge in [0.2, 0.25) is 0 Å². The first-order valence-corrected chi connectivity index (χ1v) is 5.19. The van der Waals surface area contributed by atoms with Crippen molar-refractivity contribution in [1.29, 1.82) is 0 Å². The predicted octanol–water partition coefficient (Wildman–Crippen LogP) is 2.89. The summed E-state index contributed by atoms with van der Waals surface area (Å²) in [6, 6.07) is 3.62. The molecule has 1 aromatic heterocycles. The van der Waals surface area contributed by atoms with Crippen LogP contribution < -0.4 is 0 Å². The van der Waals surface area contributed by atoms with Crippen LogP contribution >= 0.6 is 0 Å². The second kappa shape index (κ2) is 3.93. The summed E-state index contributed by atoms with van der Waals surface area (Å²) in [5.41, 5.74) is 2.61. The molecule has 0 saturated carbocycles. The maximum atomic E-state index is 13.8. The van der Waals surface area contributed by atoms with Gasteiger partial charge in [-0.15, -0.1) is 0 Å². The van der Waals surface area contributed by atoms with Crippen LogP contribution in [0.25, 0.3) is 11.0 Å². The van der Waals surface area contributed by atoms with E-state index in [-0.39, 0.29) is 5.82 Å². The molecule has 1 heterocycles. The Morgan fingerprint density at radius 2 is 2.00 bits per heavy atom. The summed E-state index contributed by atoms with van der Waals surface area (Å²) in [5.74, 6) is -0.231. The Morgan fingerprint density at radius 3 is 2.67 bits per heavy atom. The maximum absolute atomic E-state index is 13.8. The largest absolute Gasteiger partial charge is 0.250 e. The van der Waals surface area contributed by atoms with Gasteiger partial charge >= 0.3 is 0 Å². The molecule has 15 heavy (non-hydrogen) atoms. The molecule has 2 aromatic rings. The van der Waals surface area contributed by atoms with E-state index in [1.54, 1.807) is 12.3 Å². The van der Waals surface area contributed by atoms with Crippen molar-refractivity contribution >= 4 is 11.0 Å². The minimum atomic E-state index is -0.231. The van der Waals surface area contributed by atoms with Gasteiger partial charge in [-0.25, -0.2) is 14.4 Å². The molecular weight excluding hydrogens is 191 g/mol.